The van der Waals surface area contributed by atoms with Gasteiger partial charge in [0.15, 0.2) is 6.61 Å². The van der Waals surface area contributed by atoms with Gasteiger partial charge in [-0.05, 0) is 65.7 Å². The number of hydrogen-bond acceptors (Lipinski definition) is 6. The molecule has 1 amide bonds. The summed E-state index contributed by atoms with van der Waals surface area (Å²) in [5.74, 6) is -3.54. The Bertz CT molecular complexity index is 1450. The van der Waals surface area contributed by atoms with Gasteiger partial charge in [-0.3, -0.25) is 4.79 Å². The second-order valence-electron chi connectivity index (χ2n) is 7.55. The van der Waals surface area contributed by atoms with Crippen molar-refractivity contribution in [3.63, 3.8) is 0 Å². The van der Waals surface area contributed by atoms with Crippen molar-refractivity contribution in [2.75, 3.05) is 13.2 Å². The standard InChI is InChI=1S/C24H19F2N3O6S/c25-18-2-4-20(5-3-18)36(33,34)29(13-23(28)30)12-15-1-6-22(35-14-24(31)32)21(9-15)17-7-16(11-27)8-19(26)10-17/h1-10H,12-14H2,(H2,28,30)(H,31,32). The SMILES string of the molecule is N#Cc1cc(F)cc(-c2cc(CN(CC(N)=O)S(=O)(=O)c3ccc(F)cc3)ccc2OCC(=O)O)c1. The zero-order valence-corrected chi connectivity index (χ0v) is 19.3. The highest BCUT2D eigenvalue weighted by Gasteiger charge is 2.27. The highest BCUT2D eigenvalue weighted by molar-refractivity contribution is 7.89. The summed E-state index contributed by atoms with van der Waals surface area (Å²) in [5.41, 5.74) is 5.92. The molecule has 3 aromatic rings. The summed E-state index contributed by atoms with van der Waals surface area (Å²) < 4.78 is 59.8. The van der Waals surface area contributed by atoms with Crippen LogP contribution < -0.4 is 10.5 Å². The fourth-order valence-corrected chi connectivity index (χ4v) is 4.73. The van der Waals surface area contributed by atoms with E-state index in [0.717, 1.165) is 40.7 Å². The lowest BCUT2D eigenvalue weighted by atomic mass is 9.99. The second kappa shape index (κ2) is 10.9. The van der Waals surface area contributed by atoms with Crippen LogP contribution in [0.1, 0.15) is 11.1 Å². The van der Waals surface area contributed by atoms with Gasteiger partial charge in [-0.15, -0.1) is 0 Å². The van der Waals surface area contributed by atoms with Crippen LogP contribution in [0.3, 0.4) is 0 Å². The van der Waals surface area contributed by atoms with Crippen LogP contribution in [0.4, 0.5) is 8.78 Å². The number of ether oxygens (including phenoxy) is 1. The monoisotopic (exact) mass is 515 g/mol. The van der Waals surface area contributed by atoms with Gasteiger partial charge in [-0.25, -0.2) is 22.0 Å². The van der Waals surface area contributed by atoms with Gasteiger partial charge >= 0.3 is 5.97 Å². The quantitative estimate of drug-likeness (QED) is 0.421. The number of primary amides is 1. The zero-order valence-electron chi connectivity index (χ0n) is 18.5. The number of rotatable bonds is 10. The number of carboxylic acid groups (broad SMARTS) is 1. The Hall–Kier alpha value is -4.34. The molecule has 186 valence electrons. The molecule has 0 aromatic heterocycles. The summed E-state index contributed by atoms with van der Waals surface area (Å²) in [5, 5.41) is 18.2. The molecule has 0 saturated carbocycles. The maximum Gasteiger partial charge on any atom is 0.341 e. The van der Waals surface area contributed by atoms with E-state index in [4.69, 9.17) is 15.6 Å². The molecular weight excluding hydrogens is 496 g/mol. The average Bonchev–Trinajstić information content (AvgIpc) is 2.82. The zero-order chi connectivity index (χ0) is 26.5. The van der Waals surface area contributed by atoms with E-state index in [1.165, 1.54) is 24.3 Å². The van der Waals surface area contributed by atoms with Gasteiger partial charge in [0.25, 0.3) is 0 Å². The Balaban J connectivity index is 2.07. The third-order valence-electron chi connectivity index (χ3n) is 4.88. The Labute approximate surface area is 205 Å². The molecule has 36 heavy (non-hydrogen) atoms. The molecule has 0 spiro atoms. The number of hydrogen-bond donors (Lipinski definition) is 2. The van der Waals surface area contributed by atoms with Crippen molar-refractivity contribution in [3.05, 3.63) is 83.4 Å². The van der Waals surface area contributed by atoms with Crippen molar-refractivity contribution in [3.8, 4) is 22.9 Å². The first-order valence-corrected chi connectivity index (χ1v) is 11.7. The molecule has 12 heteroatoms. The van der Waals surface area contributed by atoms with Gasteiger partial charge in [0.05, 0.1) is 23.1 Å². The van der Waals surface area contributed by atoms with Crippen molar-refractivity contribution in [1.82, 2.24) is 4.31 Å². The molecule has 3 rings (SSSR count). The molecule has 0 saturated heterocycles. The van der Waals surface area contributed by atoms with Crippen LogP contribution in [0.5, 0.6) is 5.75 Å². The van der Waals surface area contributed by atoms with Gasteiger partial charge in [-0.1, -0.05) is 6.07 Å². The number of carbonyl (C=O) groups is 2. The summed E-state index contributed by atoms with van der Waals surface area (Å²) in [6.45, 7) is -1.76. The topological polar surface area (TPSA) is 151 Å². The molecule has 0 fully saturated rings. The lowest BCUT2D eigenvalue weighted by molar-refractivity contribution is -0.139. The van der Waals surface area contributed by atoms with Gasteiger partial charge < -0.3 is 15.6 Å². The molecule has 0 aliphatic rings. The second-order valence-corrected chi connectivity index (χ2v) is 9.48. The normalized spacial score (nSPS) is 11.2. The number of sulfonamides is 1. The Morgan fingerprint density at radius 3 is 2.33 bits per heavy atom. The third kappa shape index (κ3) is 6.41. The number of amides is 1. The predicted octanol–water partition coefficient (Wildman–Crippen LogP) is 2.64. The molecule has 0 heterocycles. The minimum absolute atomic E-state index is 0.00571. The molecule has 0 radical (unpaired) electrons. The molecule has 3 N–H and O–H groups in total. The van der Waals surface area contributed by atoms with E-state index in [2.05, 4.69) is 0 Å². The first-order valence-electron chi connectivity index (χ1n) is 10.2. The first-order chi connectivity index (χ1) is 17.0. The number of carboxylic acids is 1. The summed E-state index contributed by atoms with van der Waals surface area (Å²) >= 11 is 0. The number of nitrogens with zero attached hydrogens (tertiary/aromatic N) is 2. The van der Waals surface area contributed by atoms with E-state index in [0.29, 0.717) is 5.56 Å². The van der Waals surface area contributed by atoms with E-state index in [-0.39, 0.29) is 33.9 Å². The summed E-state index contributed by atoms with van der Waals surface area (Å²) in [4.78, 5) is 22.4. The van der Waals surface area contributed by atoms with Crippen LogP contribution in [-0.2, 0) is 26.2 Å². The minimum Gasteiger partial charge on any atom is -0.481 e. The number of nitrogens with two attached hydrogens (primary N) is 1. The summed E-state index contributed by atoms with van der Waals surface area (Å²) in [6, 6.07) is 13.5. The maximum absolute atomic E-state index is 14.1. The molecule has 0 atom stereocenters. The number of aliphatic carboxylic acids is 1. The van der Waals surface area contributed by atoms with Gasteiger partial charge in [0, 0.05) is 12.1 Å². The number of carbonyl (C=O) groups excluding carboxylic acids is 1. The van der Waals surface area contributed by atoms with Crippen LogP contribution in [-0.4, -0.2) is 42.9 Å². The lowest BCUT2D eigenvalue weighted by Crippen LogP contribution is -2.38. The van der Waals surface area contributed by atoms with Gasteiger partial charge in [0.2, 0.25) is 15.9 Å². The van der Waals surface area contributed by atoms with Crippen LogP contribution in [0.25, 0.3) is 11.1 Å². The highest BCUT2D eigenvalue weighted by atomic mass is 32.2. The number of nitriles is 1. The Morgan fingerprint density at radius 2 is 1.72 bits per heavy atom. The maximum atomic E-state index is 14.1. The van der Waals surface area contributed by atoms with E-state index in [1.807, 2.05) is 6.07 Å². The van der Waals surface area contributed by atoms with Crippen molar-refractivity contribution in [2.45, 2.75) is 11.4 Å². The van der Waals surface area contributed by atoms with E-state index < -0.39 is 46.7 Å². The van der Waals surface area contributed by atoms with Crippen molar-refractivity contribution >= 4 is 21.9 Å². The first kappa shape index (κ1) is 26.3. The highest BCUT2D eigenvalue weighted by Crippen LogP contribution is 2.33. The van der Waals surface area contributed by atoms with Crippen LogP contribution in [0.2, 0.25) is 0 Å². The van der Waals surface area contributed by atoms with Crippen LogP contribution >= 0.6 is 0 Å². The van der Waals surface area contributed by atoms with Crippen molar-refractivity contribution in [1.29, 1.82) is 5.26 Å². The molecule has 0 unspecified atom stereocenters. The van der Waals surface area contributed by atoms with E-state index >= 15 is 0 Å². The van der Waals surface area contributed by atoms with E-state index in [9.17, 15) is 32.0 Å². The predicted molar refractivity (Wildman–Crippen MR) is 123 cm³/mol. The van der Waals surface area contributed by atoms with Gasteiger partial charge in [0.1, 0.15) is 17.4 Å². The molecule has 0 aliphatic carbocycles. The van der Waals surface area contributed by atoms with Crippen LogP contribution in [0, 0.1) is 23.0 Å². The number of benzene rings is 3. The lowest BCUT2D eigenvalue weighted by Gasteiger charge is -2.22. The molecule has 9 nitrogen and oxygen atoms in total. The Morgan fingerprint density at radius 1 is 1.03 bits per heavy atom. The Kier molecular flexibility index (Phi) is 7.98. The molecule has 0 aliphatic heterocycles. The number of halogens is 2. The fraction of sp³-hybridized carbons (Fsp3) is 0.125. The molecular formula is C24H19F2N3O6S. The average molecular weight is 515 g/mol. The van der Waals surface area contributed by atoms with Crippen molar-refractivity contribution in [2.24, 2.45) is 5.73 Å². The van der Waals surface area contributed by atoms with Crippen LogP contribution in [0.15, 0.2) is 65.6 Å². The van der Waals surface area contributed by atoms with Gasteiger partial charge in [-0.2, -0.15) is 9.57 Å². The minimum atomic E-state index is -4.28. The largest absolute Gasteiger partial charge is 0.481 e. The molecule has 3 aromatic carbocycles. The van der Waals surface area contributed by atoms with Crippen molar-refractivity contribution < 1.29 is 36.6 Å². The summed E-state index contributed by atoms with van der Waals surface area (Å²) in [6.07, 6.45) is 0. The van der Waals surface area contributed by atoms with E-state index in [1.54, 1.807) is 0 Å². The molecule has 0 bridgehead atoms. The third-order valence-corrected chi connectivity index (χ3v) is 6.68. The summed E-state index contributed by atoms with van der Waals surface area (Å²) in [7, 11) is -4.28. The fourth-order valence-electron chi connectivity index (χ4n) is 3.34. The smallest absolute Gasteiger partial charge is 0.341 e.